The summed E-state index contributed by atoms with van der Waals surface area (Å²) in [4.78, 5) is 10.4. The maximum Gasteiger partial charge on any atom is 0.218 e. The van der Waals surface area contributed by atoms with E-state index in [1.165, 1.54) is 0 Å². The third-order valence-electron chi connectivity index (χ3n) is 2.54. The summed E-state index contributed by atoms with van der Waals surface area (Å²) in [5.74, 6) is -0.300. The second kappa shape index (κ2) is 4.58. The number of carbonyl (C=O) groups excluding carboxylic acids is 1. The number of nitrogens with one attached hydrogen (secondary N) is 1. The molecule has 1 fully saturated rings. The van der Waals surface area contributed by atoms with E-state index in [0.717, 1.165) is 25.7 Å². The van der Waals surface area contributed by atoms with Crippen LogP contribution >= 0.6 is 0 Å². The van der Waals surface area contributed by atoms with Crippen molar-refractivity contribution in [2.24, 2.45) is 5.73 Å². The maximum absolute atomic E-state index is 10.4. The number of rotatable bonds is 5. The van der Waals surface area contributed by atoms with Gasteiger partial charge in [-0.15, -0.1) is 0 Å². The first-order chi connectivity index (χ1) is 6.12. The SMILES string of the molecule is NC(=O)CCNCC1(O)CCCC1. The molecule has 1 aliphatic rings. The highest BCUT2D eigenvalue weighted by molar-refractivity contribution is 5.73. The summed E-state index contributed by atoms with van der Waals surface area (Å²) in [6, 6.07) is 0. The van der Waals surface area contributed by atoms with E-state index in [-0.39, 0.29) is 5.91 Å². The molecule has 0 atom stereocenters. The predicted molar refractivity (Wildman–Crippen MR) is 50.1 cm³/mol. The first-order valence-electron chi connectivity index (χ1n) is 4.84. The third-order valence-corrected chi connectivity index (χ3v) is 2.54. The Bertz CT molecular complexity index is 176. The number of hydrogen-bond donors (Lipinski definition) is 3. The predicted octanol–water partition coefficient (Wildman–Crippen LogP) is -0.244. The number of hydrogen-bond acceptors (Lipinski definition) is 3. The molecule has 0 heterocycles. The quantitative estimate of drug-likeness (QED) is 0.518. The van der Waals surface area contributed by atoms with Crippen molar-refractivity contribution in [2.45, 2.75) is 37.7 Å². The van der Waals surface area contributed by atoms with Gasteiger partial charge in [0.05, 0.1) is 5.60 Å². The van der Waals surface area contributed by atoms with Gasteiger partial charge in [0.1, 0.15) is 0 Å². The van der Waals surface area contributed by atoms with Crippen LogP contribution in [-0.4, -0.2) is 29.7 Å². The van der Waals surface area contributed by atoms with Crippen molar-refractivity contribution in [2.75, 3.05) is 13.1 Å². The molecule has 1 aliphatic carbocycles. The topological polar surface area (TPSA) is 75.4 Å². The smallest absolute Gasteiger partial charge is 0.218 e. The summed E-state index contributed by atoms with van der Waals surface area (Å²) < 4.78 is 0. The average Bonchev–Trinajstić information content (AvgIpc) is 2.47. The molecule has 0 aromatic rings. The average molecular weight is 186 g/mol. The fourth-order valence-corrected chi connectivity index (χ4v) is 1.74. The number of nitrogens with two attached hydrogens (primary N) is 1. The van der Waals surface area contributed by atoms with E-state index in [1.807, 2.05) is 0 Å². The van der Waals surface area contributed by atoms with E-state index >= 15 is 0 Å². The molecule has 0 radical (unpaired) electrons. The summed E-state index contributed by atoms with van der Waals surface area (Å²) in [5, 5.41) is 12.9. The van der Waals surface area contributed by atoms with Gasteiger partial charge in [-0.2, -0.15) is 0 Å². The van der Waals surface area contributed by atoms with Crippen molar-refractivity contribution < 1.29 is 9.90 Å². The number of carbonyl (C=O) groups is 1. The monoisotopic (exact) mass is 186 g/mol. The van der Waals surface area contributed by atoms with Gasteiger partial charge < -0.3 is 16.2 Å². The first kappa shape index (κ1) is 10.5. The van der Waals surface area contributed by atoms with Crippen molar-refractivity contribution >= 4 is 5.91 Å². The van der Waals surface area contributed by atoms with Crippen molar-refractivity contribution in [3.05, 3.63) is 0 Å². The minimum Gasteiger partial charge on any atom is -0.389 e. The molecular weight excluding hydrogens is 168 g/mol. The number of amides is 1. The van der Waals surface area contributed by atoms with E-state index in [0.29, 0.717) is 19.5 Å². The Labute approximate surface area is 78.5 Å². The second-order valence-corrected chi connectivity index (χ2v) is 3.82. The largest absolute Gasteiger partial charge is 0.389 e. The third kappa shape index (κ3) is 3.74. The Morgan fingerprint density at radius 1 is 1.46 bits per heavy atom. The van der Waals surface area contributed by atoms with Crippen LogP contribution in [0.25, 0.3) is 0 Å². The molecule has 13 heavy (non-hydrogen) atoms. The highest BCUT2D eigenvalue weighted by Gasteiger charge is 2.30. The van der Waals surface area contributed by atoms with Crippen LogP contribution in [0.4, 0.5) is 0 Å². The maximum atomic E-state index is 10.4. The Hall–Kier alpha value is -0.610. The van der Waals surface area contributed by atoms with E-state index in [1.54, 1.807) is 0 Å². The van der Waals surface area contributed by atoms with Gasteiger partial charge in [-0.1, -0.05) is 12.8 Å². The van der Waals surface area contributed by atoms with E-state index in [2.05, 4.69) is 5.32 Å². The minimum atomic E-state index is -0.530. The molecule has 1 rings (SSSR count). The standard InChI is InChI=1S/C9H18N2O2/c10-8(12)3-6-11-7-9(13)4-1-2-5-9/h11,13H,1-7H2,(H2,10,12). The highest BCUT2D eigenvalue weighted by atomic mass is 16.3. The summed E-state index contributed by atoms with van der Waals surface area (Å²) in [7, 11) is 0. The lowest BCUT2D eigenvalue weighted by Crippen LogP contribution is -2.39. The molecule has 76 valence electrons. The molecule has 4 heteroatoms. The highest BCUT2D eigenvalue weighted by Crippen LogP contribution is 2.28. The van der Waals surface area contributed by atoms with Crippen LogP contribution in [0.15, 0.2) is 0 Å². The van der Waals surface area contributed by atoms with Crippen LogP contribution in [0, 0.1) is 0 Å². The fourth-order valence-electron chi connectivity index (χ4n) is 1.74. The molecule has 0 aromatic carbocycles. The minimum absolute atomic E-state index is 0.300. The van der Waals surface area contributed by atoms with Gasteiger partial charge in [0.25, 0.3) is 0 Å². The lowest BCUT2D eigenvalue weighted by atomic mass is 10.0. The Morgan fingerprint density at radius 3 is 2.62 bits per heavy atom. The Kier molecular flexibility index (Phi) is 3.69. The van der Waals surface area contributed by atoms with Crippen molar-refractivity contribution in [1.82, 2.24) is 5.32 Å². The molecule has 0 unspecified atom stereocenters. The molecule has 0 aromatic heterocycles. The van der Waals surface area contributed by atoms with Crippen molar-refractivity contribution in [3.63, 3.8) is 0 Å². The van der Waals surface area contributed by atoms with Crippen LogP contribution in [0.5, 0.6) is 0 Å². The zero-order valence-electron chi connectivity index (χ0n) is 7.88. The molecule has 4 nitrogen and oxygen atoms in total. The number of aliphatic hydroxyl groups is 1. The lowest BCUT2D eigenvalue weighted by molar-refractivity contribution is -0.118. The van der Waals surface area contributed by atoms with Crippen LogP contribution in [0.3, 0.4) is 0 Å². The summed E-state index contributed by atoms with van der Waals surface area (Å²) in [5.41, 5.74) is 4.45. The van der Waals surface area contributed by atoms with Gasteiger partial charge in [0.15, 0.2) is 0 Å². The summed E-state index contributed by atoms with van der Waals surface area (Å²) >= 11 is 0. The molecule has 0 spiro atoms. The Balaban J connectivity index is 2.07. The van der Waals surface area contributed by atoms with E-state index in [9.17, 15) is 9.90 Å². The first-order valence-corrected chi connectivity index (χ1v) is 4.84. The van der Waals surface area contributed by atoms with E-state index in [4.69, 9.17) is 5.73 Å². The van der Waals surface area contributed by atoms with Crippen LogP contribution < -0.4 is 11.1 Å². The summed E-state index contributed by atoms with van der Waals surface area (Å²) in [6.45, 7) is 1.15. The summed E-state index contributed by atoms with van der Waals surface area (Å²) in [6.07, 6.45) is 4.30. The van der Waals surface area contributed by atoms with Crippen molar-refractivity contribution in [3.8, 4) is 0 Å². The van der Waals surface area contributed by atoms with Gasteiger partial charge in [-0.05, 0) is 12.8 Å². The molecular formula is C9H18N2O2. The van der Waals surface area contributed by atoms with Gasteiger partial charge in [0, 0.05) is 19.5 Å². The van der Waals surface area contributed by atoms with Gasteiger partial charge in [-0.3, -0.25) is 4.79 Å². The molecule has 0 saturated heterocycles. The van der Waals surface area contributed by atoms with Crippen LogP contribution in [0.1, 0.15) is 32.1 Å². The second-order valence-electron chi connectivity index (χ2n) is 3.82. The van der Waals surface area contributed by atoms with Gasteiger partial charge in [-0.25, -0.2) is 0 Å². The van der Waals surface area contributed by atoms with Gasteiger partial charge >= 0.3 is 0 Å². The van der Waals surface area contributed by atoms with Crippen molar-refractivity contribution in [1.29, 1.82) is 0 Å². The molecule has 1 amide bonds. The Morgan fingerprint density at radius 2 is 2.08 bits per heavy atom. The fraction of sp³-hybridized carbons (Fsp3) is 0.889. The molecule has 1 saturated carbocycles. The van der Waals surface area contributed by atoms with Gasteiger partial charge in [0.2, 0.25) is 5.91 Å². The zero-order valence-corrected chi connectivity index (χ0v) is 7.88. The number of primary amides is 1. The van der Waals surface area contributed by atoms with Crippen LogP contribution in [-0.2, 0) is 4.79 Å². The molecule has 4 N–H and O–H groups in total. The molecule has 0 bridgehead atoms. The zero-order chi connectivity index (χ0) is 9.73. The lowest BCUT2D eigenvalue weighted by Gasteiger charge is -2.22. The van der Waals surface area contributed by atoms with E-state index < -0.39 is 5.60 Å². The molecule has 0 aliphatic heterocycles. The normalized spacial score (nSPS) is 20.4. The van der Waals surface area contributed by atoms with Crippen LogP contribution in [0.2, 0.25) is 0 Å².